The van der Waals surface area contributed by atoms with E-state index < -0.39 is 6.10 Å². The maximum atomic E-state index is 11.4. The van der Waals surface area contributed by atoms with E-state index in [9.17, 15) is 9.90 Å². The maximum Gasteiger partial charge on any atom is 0.306 e. The van der Waals surface area contributed by atoms with Gasteiger partial charge in [-0.1, -0.05) is 26.8 Å². The van der Waals surface area contributed by atoms with Gasteiger partial charge in [0.1, 0.15) is 6.10 Å². The van der Waals surface area contributed by atoms with E-state index in [-0.39, 0.29) is 35.2 Å². The number of hydrogen-bond donors (Lipinski definition) is 1. The van der Waals surface area contributed by atoms with Crippen LogP contribution in [0.1, 0.15) is 33.6 Å². The van der Waals surface area contributed by atoms with Crippen LogP contribution in [-0.4, -0.2) is 23.3 Å². The summed E-state index contributed by atoms with van der Waals surface area (Å²) in [5, 5.41) is 10.3. The number of ether oxygens (including phenoxy) is 1. The molecule has 5 atom stereocenters. The van der Waals surface area contributed by atoms with Crippen molar-refractivity contribution >= 4 is 5.97 Å². The minimum atomic E-state index is -0.420. The first kappa shape index (κ1) is 12.6. The fourth-order valence-electron chi connectivity index (χ4n) is 3.47. The summed E-state index contributed by atoms with van der Waals surface area (Å²) in [6.07, 6.45) is 2.71. The van der Waals surface area contributed by atoms with Crippen LogP contribution in [0, 0.1) is 23.2 Å². The Bertz CT molecular complexity index is 334. The van der Waals surface area contributed by atoms with Crippen LogP contribution in [-0.2, 0) is 9.53 Å². The second-order valence-electron chi connectivity index (χ2n) is 6.22. The van der Waals surface area contributed by atoms with E-state index in [4.69, 9.17) is 4.74 Å². The lowest BCUT2D eigenvalue weighted by molar-refractivity contribution is -0.145. The predicted octanol–water partition coefficient (Wildman–Crippen LogP) is 2.15. The zero-order chi connectivity index (χ0) is 12.8. The predicted molar refractivity (Wildman–Crippen MR) is 65.2 cm³/mol. The first-order valence-corrected chi connectivity index (χ1v) is 6.37. The molecule has 0 bridgehead atoms. The summed E-state index contributed by atoms with van der Waals surface area (Å²) in [5.41, 5.74) is -0.0244. The normalized spacial score (nSPS) is 38.4. The molecule has 0 radical (unpaired) electrons. The highest BCUT2D eigenvalue weighted by atomic mass is 16.6. The Hall–Kier alpha value is -0.830. The first-order chi connectivity index (χ1) is 7.86. The molecular weight excluding hydrogens is 216 g/mol. The average Bonchev–Trinajstić information content (AvgIpc) is 2.75. The lowest BCUT2D eigenvalue weighted by Crippen LogP contribution is -2.30. The molecule has 2 rings (SSSR count). The van der Waals surface area contributed by atoms with Crippen molar-refractivity contribution < 1.29 is 14.6 Å². The van der Waals surface area contributed by atoms with Gasteiger partial charge in [-0.25, -0.2) is 0 Å². The summed E-state index contributed by atoms with van der Waals surface area (Å²) < 4.78 is 5.42. The molecule has 1 aliphatic heterocycles. The summed E-state index contributed by atoms with van der Waals surface area (Å²) in [6, 6.07) is 0. The van der Waals surface area contributed by atoms with Crippen molar-refractivity contribution in [1.29, 1.82) is 0 Å². The quantitative estimate of drug-likeness (QED) is 0.605. The fourth-order valence-corrected chi connectivity index (χ4v) is 3.47. The second-order valence-corrected chi connectivity index (χ2v) is 6.22. The largest absolute Gasteiger partial charge is 0.461 e. The zero-order valence-corrected chi connectivity index (χ0v) is 10.8. The molecule has 2 fully saturated rings. The minimum absolute atomic E-state index is 0.0216. The molecule has 1 saturated carbocycles. The van der Waals surface area contributed by atoms with Crippen molar-refractivity contribution in [1.82, 2.24) is 0 Å². The lowest BCUT2D eigenvalue weighted by atomic mass is 9.83. The molecule has 3 nitrogen and oxygen atoms in total. The molecule has 0 aromatic heterocycles. The second kappa shape index (κ2) is 4.13. The van der Waals surface area contributed by atoms with Gasteiger partial charge in [-0.2, -0.15) is 0 Å². The molecule has 0 amide bonds. The van der Waals surface area contributed by atoms with Crippen LogP contribution in [0.15, 0.2) is 12.7 Å². The van der Waals surface area contributed by atoms with Crippen molar-refractivity contribution in [3.8, 4) is 0 Å². The maximum absolute atomic E-state index is 11.4. The topological polar surface area (TPSA) is 46.5 Å². The number of hydrogen-bond acceptors (Lipinski definition) is 3. The highest BCUT2D eigenvalue weighted by molar-refractivity contribution is 5.72. The van der Waals surface area contributed by atoms with Gasteiger partial charge in [-0.15, -0.1) is 6.58 Å². The molecule has 2 aliphatic rings. The van der Waals surface area contributed by atoms with E-state index in [1.807, 2.05) is 6.92 Å². The fraction of sp³-hybridized carbons (Fsp3) is 0.786. The van der Waals surface area contributed by atoms with Gasteiger partial charge in [-0.3, -0.25) is 4.79 Å². The van der Waals surface area contributed by atoms with E-state index in [0.29, 0.717) is 6.42 Å². The smallest absolute Gasteiger partial charge is 0.306 e. The highest BCUT2D eigenvalue weighted by Gasteiger charge is 2.56. The van der Waals surface area contributed by atoms with E-state index in [1.165, 1.54) is 0 Å². The standard InChI is InChI=1S/C14H22O3/c1-5-8(2)12(16)10-7-14(3,4)13-9(10)6-11(15)17-13/h5,8-10,12-13,16H,1,6-7H2,2-4H3/t8-,9-,10-,12-,13-/m1/s1. The van der Waals surface area contributed by atoms with Gasteiger partial charge in [0.15, 0.2) is 0 Å². The third-order valence-corrected chi connectivity index (χ3v) is 4.48. The van der Waals surface area contributed by atoms with Crippen LogP contribution < -0.4 is 0 Å². The molecule has 96 valence electrons. The van der Waals surface area contributed by atoms with Crippen molar-refractivity contribution in [2.75, 3.05) is 0 Å². The van der Waals surface area contributed by atoms with Gasteiger partial charge in [0.25, 0.3) is 0 Å². The van der Waals surface area contributed by atoms with Crippen molar-refractivity contribution in [2.45, 2.75) is 45.8 Å². The van der Waals surface area contributed by atoms with E-state index in [1.54, 1.807) is 6.08 Å². The third-order valence-electron chi connectivity index (χ3n) is 4.48. The highest BCUT2D eigenvalue weighted by Crippen LogP contribution is 2.53. The van der Waals surface area contributed by atoms with Gasteiger partial charge in [0, 0.05) is 11.3 Å². The Morgan fingerprint density at radius 2 is 2.24 bits per heavy atom. The van der Waals surface area contributed by atoms with Gasteiger partial charge in [0.05, 0.1) is 12.5 Å². The van der Waals surface area contributed by atoms with Gasteiger partial charge >= 0.3 is 5.97 Å². The average molecular weight is 238 g/mol. The monoisotopic (exact) mass is 238 g/mol. The summed E-state index contributed by atoms with van der Waals surface area (Å²) in [7, 11) is 0. The lowest BCUT2D eigenvalue weighted by Gasteiger charge is -2.26. The van der Waals surface area contributed by atoms with Crippen LogP contribution in [0.25, 0.3) is 0 Å². The molecule has 3 heteroatoms. The molecule has 1 aliphatic carbocycles. The Morgan fingerprint density at radius 3 is 2.82 bits per heavy atom. The number of aliphatic hydroxyl groups excluding tert-OH is 1. The summed E-state index contributed by atoms with van der Waals surface area (Å²) >= 11 is 0. The SMILES string of the molecule is C=C[C@@H](C)[C@@H](O)[C@@H]1CC(C)(C)[C@@H]2OC(=O)C[C@H]12. The Morgan fingerprint density at radius 1 is 1.59 bits per heavy atom. The molecule has 1 heterocycles. The van der Waals surface area contributed by atoms with Crippen LogP contribution in [0.2, 0.25) is 0 Å². The summed E-state index contributed by atoms with van der Waals surface area (Å²) in [5.74, 6) is 0.269. The molecule has 0 aromatic rings. The van der Waals surface area contributed by atoms with Crippen LogP contribution in [0.4, 0.5) is 0 Å². The zero-order valence-electron chi connectivity index (χ0n) is 10.8. The Labute approximate surface area is 103 Å². The van der Waals surface area contributed by atoms with Crippen LogP contribution >= 0.6 is 0 Å². The Balaban J connectivity index is 2.20. The number of carbonyl (C=O) groups is 1. The van der Waals surface area contributed by atoms with Gasteiger partial charge < -0.3 is 9.84 Å². The van der Waals surface area contributed by atoms with Crippen LogP contribution in [0.5, 0.6) is 0 Å². The molecule has 0 spiro atoms. The summed E-state index contributed by atoms with van der Waals surface area (Å²) in [6.45, 7) is 9.94. The van der Waals surface area contributed by atoms with E-state index in [2.05, 4.69) is 20.4 Å². The number of fused-ring (bicyclic) bond motifs is 1. The molecule has 0 aromatic carbocycles. The molecular formula is C14H22O3. The molecule has 1 N–H and O–H groups in total. The summed E-state index contributed by atoms with van der Waals surface area (Å²) in [4.78, 5) is 11.4. The van der Waals surface area contributed by atoms with Crippen molar-refractivity contribution in [3.63, 3.8) is 0 Å². The van der Waals surface area contributed by atoms with Gasteiger partial charge in [-0.05, 0) is 18.3 Å². The van der Waals surface area contributed by atoms with E-state index >= 15 is 0 Å². The molecule has 17 heavy (non-hydrogen) atoms. The first-order valence-electron chi connectivity index (χ1n) is 6.37. The van der Waals surface area contributed by atoms with Gasteiger partial charge in [0.2, 0.25) is 0 Å². The van der Waals surface area contributed by atoms with E-state index in [0.717, 1.165) is 6.42 Å². The number of esters is 1. The molecule has 1 saturated heterocycles. The Kier molecular flexibility index (Phi) is 3.06. The number of aliphatic hydroxyl groups is 1. The van der Waals surface area contributed by atoms with Crippen molar-refractivity contribution in [3.05, 3.63) is 12.7 Å². The molecule has 0 unspecified atom stereocenters. The van der Waals surface area contributed by atoms with Crippen LogP contribution in [0.3, 0.4) is 0 Å². The minimum Gasteiger partial charge on any atom is -0.461 e. The van der Waals surface area contributed by atoms with Crippen molar-refractivity contribution in [2.24, 2.45) is 23.2 Å². The number of carbonyl (C=O) groups excluding carboxylic acids is 1. The number of rotatable bonds is 3. The third kappa shape index (κ3) is 2.01.